The average molecular weight is 335 g/mol. The van der Waals surface area contributed by atoms with Gasteiger partial charge in [0.1, 0.15) is 0 Å². The van der Waals surface area contributed by atoms with Crippen LogP contribution in [-0.4, -0.2) is 34.9 Å². The Morgan fingerprint density at radius 2 is 2.04 bits per heavy atom. The number of aryl methyl sites for hydroxylation is 1. The van der Waals surface area contributed by atoms with Crippen molar-refractivity contribution < 1.29 is 9.90 Å². The third kappa shape index (κ3) is 6.00. The summed E-state index contributed by atoms with van der Waals surface area (Å²) < 4.78 is 1.68. The van der Waals surface area contributed by atoms with Crippen molar-refractivity contribution in [2.24, 2.45) is 5.92 Å². The molecule has 24 heavy (non-hydrogen) atoms. The van der Waals surface area contributed by atoms with Gasteiger partial charge in [-0.05, 0) is 31.7 Å². The number of amides is 2. The minimum atomic E-state index is -0.155. The van der Waals surface area contributed by atoms with Gasteiger partial charge < -0.3 is 20.3 Å². The molecule has 3 N–H and O–H groups in total. The van der Waals surface area contributed by atoms with Crippen molar-refractivity contribution in [3.05, 3.63) is 34.7 Å². The van der Waals surface area contributed by atoms with Crippen LogP contribution in [0.3, 0.4) is 0 Å². The number of nitrogens with one attached hydrogen (secondary N) is 2. The summed E-state index contributed by atoms with van der Waals surface area (Å²) in [6, 6.07) is 5.04. The Kier molecular flexibility index (Phi) is 7.82. The van der Waals surface area contributed by atoms with Crippen LogP contribution in [0.25, 0.3) is 0 Å². The van der Waals surface area contributed by atoms with Gasteiger partial charge in [-0.2, -0.15) is 0 Å². The molecule has 6 heteroatoms. The van der Waals surface area contributed by atoms with Crippen molar-refractivity contribution in [3.8, 4) is 0 Å². The second kappa shape index (κ2) is 10.1. The second-order valence-electron chi connectivity index (χ2n) is 6.53. The minimum Gasteiger partial charge on any atom is -0.396 e. The predicted molar refractivity (Wildman–Crippen MR) is 93.9 cm³/mol. The lowest BCUT2D eigenvalue weighted by molar-refractivity contribution is 0.179. The zero-order chi connectivity index (χ0) is 17.2. The molecule has 134 valence electrons. The summed E-state index contributed by atoms with van der Waals surface area (Å²) >= 11 is 0. The van der Waals surface area contributed by atoms with Crippen molar-refractivity contribution in [1.29, 1.82) is 0 Å². The van der Waals surface area contributed by atoms with Crippen molar-refractivity contribution >= 4 is 6.03 Å². The molecule has 1 saturated carbocycles. The van der Waals surface area contributed by atoms with Gasteiger partial charge in [0, 0.05) is 43.9 Å². The molecule has 1 fully saturated rings. The van der Waals surface area contributed by atoms with E-state index in [0.717, 1.165) is 38.5 Å². The van der Waals surface area contributed by atoms with E-state index in [4.69, 9.17) is 0 Å². The fraction of sp³-hybridized carbons (Fsp3) is 0.667. The van der Waals surface area contributed by atoms with Crippen molar-refractivity contribution in [2.45, 2.75) is 57.5 Å². The summed E-state index contributed by atoms with van der Waals surface area (Å²) in [7, 11) is 0. The summed E-state index contributed by atoms with van der Waals surface area (Å²) in [4.78, 5) is 23.6. The lowest BCUT2D eigenvalue weighted by atomic mass is 9.96. The molecule has 0 aliphatic heterocycles. The average Bonchev–Trinajstić information content (AvgIpc) is 2.81. The van der Waals surface area contributed by atoms with E-state index in [1.807, 2.05) is 6.07 Å². The molecular formula is C18H29N3O3. The molecule has 0 spiro atoms. The van der Waals surface area contributed by atoms with Crippen molar-refractivity contribution in [3.63, 3.8) is 0 Å². The highest BCUT2D eigenvalue weighted by molar-refractivity contribution is 5.74. The van der Waals surface area contributed by atoms with Gasteiger partial charge in [0.05, 0.1) is 0 Å². The molecule has 2 unspecified atom stereocenters. The molecule has 1 aromatic heterocycles. The highest BCUT2D eigenvalue weighted by atomic mass is 16.3. The zero-order valence-corrected chi connectivity index (χ0v) is 14.2. The first-order chi connectivity index (χ1) is 11.7. The van der Waals surface area contributed by atoms with Gasteiger partial charge in [-0.15, -0.1) is 0 Å². The Morgan fingerprint density at radius 3 is 2.83 bits per heavy atom. The van der Waals surface area contributed by atoms with Crippen LogP contribution in [-0.2, 0) is 6.54 Å². The van der Waals surface area contributed by atoms with Gasteiger partial charge in [0.25, 0.3) is 0 Å². The van der Waals surface area contributed by atoms with Crippen LogP contribution in [0.1, 0.15) is 44.9 Å². The Balaban J connectivity index is 1.64. The van der Waals surface area contributed by atoms with E-state index in [9.17, 15) is 14.7 Å². The Labute approximate surface area is 143 Å². The molecule has 0 aromatic carbocycles. The molecule has 6 nitrogen and oxygen atoms in total. The molecule has 2 rings (SSSR count). The number of hydrogen-bond acceptors (Lipinski definition) is 3. The van der Waals surface area contributed by atoms with E-state index in [2.05, 4.69) is 10.6 Å². The zero-order valence-electron chi connectivity index (χ0n) is 14.2. The van der Waals surface area contributed by atoms with Crippen LogP contribution in [0.5, 0.6) is 0 Å². The fourth-order valence-electron chi connectivity index (χ4n) is 3.27. The second-order valence-corrected chi connectivity index (χ2v) is 6.53. The van der Waals surface area contributed by atoms with Crippen molar-refractivity contribution in [1.82, 2.24) is 15.2 Å². The van der Waals surface area contributed by atoms with Gasteiger partial charge in [-0.1, -0.05) is 25.3 Å². The fourth-order valence-corrected chi connectivity index (χ4v) is 3.27. The van der Waals surface area contributed by atoms with Crippen LogP contribution in [0, 0.1) is 5.92 Å². The number of aromatic nitrogens is 1. The van der Waals surface area contributed by atoms with Crippen LogP contribution in [0.2, 0.25) is 0 Å². The first kappa shape index (κ1) is 18.5. The maximum absolute atomic E-state index is 12.0. The molecule has 2 atom stereocenters. The summed E-state index contributed by atoms with van der Waals surface area (Å²) in [5, 5.41) is 15.4. The SMILES string of the molecule is O=C(NCCCCn1ccccc1=O)NC1CCCCCC1CO. The maximum atomic E-state index is 12.0. The van der Waals surface area contributed by atoms with Gasteiger partial charge in [-0.25, -0.2) is 4.79 Å². The summed E-state index contributed by atoms with van der Waals surface area (Å²) in [6.45, 7) is 1.39. The number of hydrogen-bond donors (Lipinski definition) is 3. The predicted octanol–water partition coefficient (Wildman–Crippen LogP) is 1.87. The number of pyridine rings is 1. The first-order valence-corrected chi connectivity index (χ1v) is 9.01. The highest BCUT2D eigenvalue weighted by Crippen LogP contribution is 2.23. The van der Waals surface area contributed by atoms with Crippen LogP contribution >= 0.6 is 0 Å². The Bertz CT molecular complexity index is 558. The molecule has 0 bridgehead atoms. The van der Waals surface area contributed by atoms with E-state index in [1.54, 1.807) is 22.9 Å². The number of carbonyl (C=O) groups excluding carboxylic acids is 1. The molecule has 0 saturated heterocycles. The molecule has 1 heterocycles. The van der Waals surface area contributed by atoms with Crippen molar-refractivity contribution in [2.75, 3.05) is 13.2 Å². The molecule has 1 aliphatic rings. The van der Waals surface area contributed by atoms with Crippen LogP contribution in [0.4, 0.5) is 4.79 Å². The van der Waals surface area contributed by atoms with E-state index in [-0.39, 0.29) is 30.2 Å². The number of unbranched alkanes of at least 4 members (excludes halogenated alkanes) is 1. The smallest absolute Gasteiger partial charge is 0.315 e. The lowest BCUT2D eigenvalue weighted by Crippen LogP contribution is -2.46. The van der Waals surface area contributed by atoms with E-state index in [0.29, 0.717) is 13.1 Å². The minimum absolute atomic E-state index is 0.00612. The van der Waals surface area contributed by atoms with Crippen LogP contribution < -0.4 is 16.2 Å². The lowest BCUT2D eigenvalue weighted by Gasteiger charge is -2.24. The third-order valence-corrected chi connectivity index (χ3v) is 4.72. The summed E-state index contributed by atoms with van der Waals surface area (Å²) in [5.41, 5.74) is 0.00612. The normalized spacial score (nSPS) is 21.0. The van der Waals surface area contributed by atoms with E-state index >= 15 is 0 Å². The molecule has 1 aromatic rings. The van der Waals surface area contributed by atoms with Gasteiger partial charge in [0.2, 0.25) is 5.56 Å². The topological polar surface area (TPSA) is 83.4 Å². The van der Waals surface area contributed by atoms with Crippen LogP contribution in [0.15, 0.2) is 29.2 Å². The molecule has 2 amide bonds. The van der Waals surface area contributed by atoms with Gasteiger partial charge in [-0.3, -0.25) is 4.79 Å². The number of carbonyl (C=O) groups is 1. The quantitative estimate of drug-likeness (QED) is 0.525. The molecular weight excluding hydrogens is 306 g/mol. The molecule has 0 radical (unpaired) electrons. The summed E-state index contributed by atoms with van der Waals surface area (Å²) in [5.74, 6) is 0.170. The number of nitrogens with zero attached hydrogens (tertiary/aromatic N) is 1. The maximum Gasteiger partial charge on any atom is 0.315 e. The Morgan fingerprint density at radius 1 is 1.21 bits per heavy atom. The van der Waals surface area contributed by atoms with Gasteiger partial charge in [0.15, 0.2) is 0 Å². The number of rotatable bonds is 7. The Hall–Kier alpha value is -1.82. The standard InChI is InChI=1S/C18H29N3O3/c22-14-15-8-2-1-3-9-16(15)20-18(24)19-11-5-7-13-21-12-6-4-10-17(21)23/h4,6,10,12,15-16,22H,1-3,5,7-9,11,13-14H2,(H2,19,20,24). The first-order valence-electron chi connectivity index (χ1n) is 9.01. The summed E-state index contributed by atoms with van der Waals surface area (Å²) in [6.07, 6.45) is 8.77. The highest BCUT2D eigenvalue weighted by Gasteiger charge is 2.24. The number of aliphatic hydroxyl groups is 1. The van der Waals surface area contributed by atoms with E-state index < -0.39 is 0 Å². The number of aliphatic hydroxyl groups excluding tert-OH is 1. The number of urea groups is 1. The monoisotopic (exact) mass is 335 g/mol. The van der Waals surface area contributed by atoms with Gasteiger partial charge >= 0.3 is 6.03 Å². The van der Waals surface area contributed by atoms with E-state index in [1.165, 1.54) is 6.42 Å². The third-order valence-electron chi connectivity index (χ3n) is 4.72. The molecule has 1 aliphatic carbocycles. The largest absolute Gasteiger partial charge is 0.396 e.